The van der Waals surface area contributed by atoms with Crippen LogP contribution in [0.5, 0.6) is 5.75 Å². The summed E-state index contributed by atoms with van der Waals surface area (Å²) in [5.74, 6) is -0.830. The van der Waals surface area contributed by atoms with E-state index in [9.17, 15) is 19.5 Å². The van der Waals surface area contributed by atoms with Crippen LogP contribution in [0.3, 0.4) is 0 Å². The first-order valence-corrected chi connectivity index (χ1v) is 18.9. The van der Waals surface area contributed by atoms with E-state index in [2.05, 4.69) is 33.1 Å². The number of phenols is 1. The Bertz CT molecular complexity index is 1890. The normalized spacial score (nSPS) is 11.1. The topological polar surface area (TPSA) is 139 Å². The third-order valence-corrected chi connectivity index (χ3v) is 9.71. The lowest BCUT2D eigenvalue weighted by Crippen LogP contribution is -2.13. The van der Waals surface area contributed by atoms with Gasteiger partial charge in [0, 0.05) is 28.7 Å². The van der Waals surface area contributed by atoms with Crippen LogP contribution < -0.4 is 10.6 Å². The Morgan fingerprint density at radius 2 is 1.33 bits per heavy atom. The number of benzene rings is 4. The highest BCUT2D eigenvalue weighted by atomic mass is 32.2. The molecule has 1 heterocycles. The van der Waals surface area contributed by atoms with Crippen molar-refractivity contribution in [2.75, 3.05) is 16.4 Å². The number of aromatic hydroxyl groups is 1. The second-order valence-electron chi connectivity index (χ2n) is 12.6. The number of carbonyl (C=O) groups is 3. The van der Waals surface area contributed by atoms with E-state index >= 15 is 0 Å². The fourth-order valence-electron chi connectivity index (χ4n) is 5.98. The van der Waals surface area contributed by atoms with Gasteiger partial charge in [0.1, 0.15) is 5.75 Å². The predicted octanol–water partition coefficient (Wildman–Crippen LogP) is 9.39. The van der Waals surface area contributed by atoms with E-state index in [0.29, 0.717) is 39.3 Å². The van der Waals surface area contributed by atoms with Crippen molar-refractivity contribution >= 4 is 51.5 Å². The summed E-state index contributed by atoms with van der Waals surface area (Å²) in [6, 6.07) is 24.5. The minimum atomic E-state index is -0.497. The summed E-state index contributed by atoms with van der Waals surface area (Å²) >= 11 is 1.21. The molecule has 266 valence electrons. The minimum absolute atomic E-state index is 0.0206. The van der Waals surface area contributed by atoms with Gasteiger partial charge in [-0.05, 0) is 64.7 Å². The average molecular weight is 707 g/mol. The van der Waals surface area contributed by atoms with E-state index in [0.717, 1.165) is 18.5 Å². The van der Waals surface area contributed by atoms with Crippen LogP contribution in [0, 0.1) is 0 Å². The van der Waals surface area contributed by atoms with Gasteiger partial charge in [0.15, 0.2) is 5.78 Å². The molecule has 5 aromatic rings. The van der Waals surface area contributed by atoms with Crippen molar-refractivity contribution in [1.82, 2.24) is 20.2 Å². The number of aromatic nitrogens is 4. The SMILES string of the molecule is CCCCCCCCCCCCCC(=O)Nc1ccc(NC(=O)c2ccc3c(C(=O)CSc4nnnn4-c4ccccc4)cccc3c2O)cc1. The average Bonchev–Trinajstić information content (AvgIpc) is 3.63. The Morgan fingerprint density at radius 1 is 0.686 bits per heavy atom. The second kappa shape index (κ2) is 19.4. The van der Waals surface area contributed by atoms with E-state index in [4.69, 9.17) is 0 Å². The van der Waals surface area contributed by atoms with Gasteiger partial charge in [0.25, 0.3) is 5.91 Å². The van der Waals surface area contributed by atoms with E-state index in [1.54, 1.807) is 53.2 Å². The maximum Gasteiger partial charge on any atom is 0.259 e. The maximum atomic E-state index is 13.3. The second-order valence-corrected chi connectivity index (χ2v) is 13.6. The minimum Gasteiger partial charge on any atom is -0.506 e. The summed E-state index contributed by atoms with van der Waals surface area (Å²) in [5.41, 5.74) is 2.45. The number of Topliss-reactive ketones (excluding diaryl/α,β-unsaturated/α-hetero) is 1. The van der Waals surface area contributed by atoms with Gasteiger partial charge in [-0.15, -0.1) is 5.10 Å². The standard InChI is InChI=1S/C40H46N6O4S/c1-2-3-4-5-6-7-8-9-10-11-15-21-37(48)41-29-22-24-30(25-23-29)42-39(50)35-27-26-32-33(19-16-20-34(32)38(35)49)36(47)28-51-40-43-44-45-46(40)31-17-13-12-14-18-31/h12-14,16-20,22-27,49H,2-11,15,21,28H2,1H3,(H,41,48)(H,42,50). The number of para-hydroxylation sites is 1. The van der Waals surface area contributed by atoms with Crippen molar-refractivity contribution in [3.8, 4) is 11.4 Å². The summed E-state index contributed by atoms with van der Waals surface area (Å²) < 4.78 is 1.57. The lowest BCUT2D eigenvalue weighted by Gasteiger charge is -2.12. The van der Waals surface area contributed by atoms with Crippen LogP contribution in [-0.4, -0.2) is 48.7 Å². The van der Waals surface area contributed by atoms with Crippen molar-refractivity contribution < 1.29 is 19.5 Å². The summed E-state index contributed by atoms with van der Waals surface area (Å²) in [7, 11) is 0. The number of amides is 2. The molecule has 0 unspecified atom stereocenters. The summed E-state index contributed by atoms with van der Waals surface area (Å²) in [5, 5.41) is 30.1. The number of nitrogens with one attached hydrogen (secondary N) is 2. The predicted molar refractivity (Wildman–Crippen MR) is 204 cm³/mol. The van der Waals surface area contributed by atoms with Crippen molar-refractivity contribution in [3.63, 3.8) is 0 Å². The van der Waals surface area contributed by atoms with Gasteiger partial charge in [-0.1, -0.05) is 125 Å². The number of carbonyl (C=O) groups excluding carboxylic acids is 3. The van der Waals surface area contributed by atoms with E-state index in [1.807, 2.05) is 30.3 Å². The molecule has 2 amide bonds. The van der Waals surface area contributed by atoms with Crippen LogP contribution >= 0.6 is 11.8 Å². The molecule has 0 radical (unpaired) electrons. The van der Waals surface area contributed by atoms with Crippen molar-refractivity contribution in [2.24, 2.45) is 0 Å². The number of ketones is 1. The summed E-state index contributed by atoms with van der Waals surface area (Å²) in [6.45, 7) is 2.24. The smallest absolute Gasteiger partial charge is 0.259 e. The van der Waals surface area contributed by atoms with Crippen molar-refractivity contribution in [1.29, 1.82) is 0 Å². The lowest BCUT2D eigenvalue weighted by molar-refractivity contribution is -0.116. The van der Waals surface area contributed by atoms with E-state index in [1.165, 1.54) is 75.6 Å². The molecule has 0 aliphatic heterocycles. The van der Waals surface area contributed by atoms with Gasteiger partial charge in [-0.3, -0.25) is 14.4 Å². The lowest BCUT2D eigenvalue weighted by atomic mass is 9.98. The first-order valence-electron chi connectivity index (χ1n) is 17.9. The Labute approximate surface area is 303 Å². The molecule has 51 heavy (non-hydrogen) atoms. The number of tetrazole rings is 1. The summed E-state index contributed by atoms with van der Waals surface area (Å²) in [6.07, 6.45) is 14.1. The van der Waals surface area contributed by atoms with Crippen LogP contribution in [0.2, 0.25) is 0 Å². The molecule has 4 aromatic carbocycles. The molecule has 5 rings (SSSR count). The van der Waals surface area contributed by atoms with E-state index in [-0.39, 0.29) is 28.8 Å². The molecular weight excluding hydrogens is 661 g/mol. The molecule has 3 N–H and O–H groups in total. The van der Waals surface area contributed by atoms with Gasteiger partial charge < -0.3 is 15.7 Å². The fourth-order valence-corrected chi connectivity index (χ4v) is 6.76. The van der Waals surface area contributed by atoms with Crippen LogP contribution in [-0.2, 0) is 4.79 Å². The van der Waals surface area contributed by atoms with Gasteiger partial charge in [0.05, 0.1) is 17.0 Å². The zero-order valence-corrected chi connectivity index (χ0v) is 30.0. The van der Waals surface area contributed by atoms with Crippen LogP contribution in [0.1, 0.15) is 105 Å². The molecular formula is C40H46N6O4S. The fraction of sp³-hybridized carbons (Fsp3) is 0.350. The molecule has 1 aromatic heterocycles. The number of thioether (sulfide) groups is 1. The Balaban J connectivity index is 1.09. The monoisotopic (exact) mass is 706 g/mol. The molecule has 0 aliphatic rings. The van der Waals surface area contributed by atoms with Crippen molar-refractivity contribution in [2.45, 2.75) is 89.1 Å². The van der Waals surface area contributed by atoms with Gasteiger partial charge in [0.2, 0.25) is 11.1 Å². The number of anilines is 2. The number of hydrogen-bond acceptors (Lipinski definition) is 8. The maximum absolute atomic E-state index is 13.3. The molecule has 0 saturated carbocycles. The first kappa shape index (κ1) is 37.2. The first-order chi connectivity index (χ1) is 24.9. The number of phenolic OH excluding ortho intramolecular Hbond substituents is 1. The molecule has 0 bridgehead atoms. The molecule has 0 saturated heterocycles. The third kappa shape index (κ3) is 10.7. The number of nitrogens with zero attached hydrogens (tertiary/aromatic N) is 4. The van der Waals surface area contributed by atoms with Crippen molar-refractivity contribution in [3.05, 3.63) is 96.1 Å². The Morgan fingerprint density at radius 3 is 2.02 bits per heavy atom. The molecule has 0 fully saturated rings. The zero-order valence-electron chi connectivity index (χ0n) is 29.1. The highest BCUT2D eigenvalue weighted by molar-refractivity contribution is 7.99. The number of rotatable bonds is 20. The van der Waals surface area contributed by atoms with Crippen LogP contribution in [0.25, 0.3) is 16.5 Å². The van der Waals surface area contributed by atoms with Gasteiger partial charge >= 0.3 is 0 Å². The molecule has 0 spiro atoms. The zero-order chi connectivity index (χ0) is 35.8. The van der Waals surface area contributed by atoms with Gasteiger partial charge in [-0.25, -0.2) is 0 Å². The molecule has 0 atom stereocenters. The van der Waals surface area contributed by atoms with E-state index < -0.39 is 5.91 Å². The Kier molecular flexibility index (Phi) is 14.2. The quantitative estimate of drug-likeness (QED) is 0.0413. The molecule has 0 aliphatic carbocycles. The largest absolute Gasteiger partial charge is 0.506 e. The highest BCUT2D eigenvalue weighted by Crippen LogP contribution is 2.32. The number of unbranched alkanes of at least 4 members (excludes halogenated alkanes) is 10. The van der Waals surface area contributed by atoms with Crippen LogP contribution in [0.4, 0.5) is 11.4 Å². The molecule has 10 nitrogen and oxygen atoms in total. The number of fused-ring (bicyclic) bond motifs is 1. The third-order valence-electron chi connectivity index (χ3n) is 8.79. The van der Waals surface area contributed by atoms with Crippen LogP contribution in [0.15, 0.2) is 90.1 Å². The Hall–Kier alpha value is -5.03. The van der Waals surface area contributed by atoms with Gasteiger partial charge in [-0.2, -0.15) is 4.68 Å². The molecule has 11 heteroatoms. The highest BCUT2D eigenvalue weighted by Gasteiger charge is 2.19. The number of hydrogen-bond donors (Lipinski definition) is 3. The summed E-state index contributed by atoms with van der Waals surface area (Å²) in [4.78, 5) is 39.0.